The van der Waals surface area contributed by atoms with Gasteiger partial charge in [-0.05, 0) is 68.4 Å². The number of piperidine rings is 1. The van der Waals surface area contributed by atoms with Gasteiger partial charge in [0.25, 0.3) is 0 Å². The number of likely N-dealkylation sites (tertiary alicyclic amines) is 1. The Bertz CT molecular complexity index is 327. The average Bonchev–Trinajstić information content (AvgIpc) is 2.47. The Kier molecular flexibility index (Phi) is 5.10. The Labute approximate surface area is 132 Å². The van der Waals surface area contributed by atoms with Crippen molar-refractivity contribution in [2.45, 2.75) is 85.1 Å². The third-order valence-corrected chi connectivity index (χ3v) is 7.10. The third-order valence-electron chi connectivity index (χ3n) is 7.10. The van der Waals surface area contributed by atoms with Crippen molar-refractivity contribution in [1.82, 2.24) is 4.90 Å². The fourth-order valence-electron chi connectivity index (χ4n) is 4.46. The molecule has 0 spiro atoms. The largest absolute Gasteiger partial charge is 0.329 e. The van der Waals surface area contributed by atoms with E-state index in [1.54, 1.807) is 0 Å². The van der Waals surface area contributed by atoms with Crippen LogP contribution in [0.5, 0.6) is 0 Å². The van der Waals surface area contributed by atoms with Gasteiger partial charge in [-0.2, -0.15) is 0 Å². The molecule has 1 saturated heterocycles. The summed E-state index contributed by atoms with van der Waals surface area (Å²) in [6.45, 7) is 15.5. The van der Waals surface area contributed by atoms with Crippen molar-refractivity contribution in [2.24, 2.45) is 22.5 Å². The van der Waals surface area contributed by atoms with Gasteiger partial charge in [0, 0.05) is 12.1 Å². The first-order valence-electron chi connectivity index (χ1n) is 9.20. The van der Waals surface area contributed by atoms with Crippen molar-refractivity contribution in [3.63, 3.8) is 0 Å². The normalized spacial score (nSPS) is 34.9. The third kappa shape index (κ3) is 3.64. The van der Waals surface area contributed by atoms with Crippen LogP contribution in [-0.2, 0) is 0 Å². The van der Waals surface area contributed by atoms with E-state index in [9.17, 15) is 0 Å². The Hall–Kier alpha value is -0.0800. The molecule has 2 nitrogen and oxygen atoms in total. The molecule has 2 fully saturated rings. The molecule has 0 aromatic rings. The minimum absolute atomic E-state index is 0.316. The van der Waals surface area contributed by atoms with Crippen LogP contribution in [0.1, 0.15) is 79.6 Å². The predicted octanol–water partition coefficient (Wildman–Crippen LogP) is 4.43. The second-order valence-corrected chi connectivity index (χ2v) is 9.20. The van der Waals surface area contributed by atoms with Crippen molar-refractivity contribution in [3.8, 4) is 0 Å². The smallest absolute Gasteiger partial charge is 0.0331 e. The van der Waals surface area contributed by atoms with Crippen molar-refractivity contribution >= 4 is 0 Å². The summed E-state index contributed by atoms with van der Waals surface area (Å²) in [6.07, 6.45) is 9.34. The van der Waals surface area contributed by atoms with Crippen molar-refractivity contribution in [3.05, 3.63) is 0 Å². The van der Waals surface area contributed by atoms with Crippen LogP contribution in [0.4, 0.5) is 0 Å². The van der Waals surface area contributed by atoms with E-state index in [4.69, 9.17) is 5.73 Å². The van der Waals surface area contributed by atoms with Crippen LogP contribution in [0.3, 0.4) is 0 Å². The molecule has 21 heavy (non-hydrogen) atoms. The molecular weight excluding hydrogens is 256 g/mol. The van der Waals surface area contributed by atoms with E-state index in [2.05, 4.69) is 39.5 Å². The summed E-state index contributed by atoms with van der Waals surface area (Å²) in [4.78, 5) is 2.76. The van der Waals surface area contributed by atoms with Gasteiger partial charge >= 0.3 is 0 Å². The number of hydrogen-bond donors (Lipinski definition) is 1. The quantitative estimate of drug-likeness (QED) is 0.831. The molecule has 1 saturated carbocycles. The molecule has 1 aliphatic heterocycles. The monoisotopic (exact) mass is 294 g/mol. The van der Waals surface area contributed by atoms with Crippen LogP contribution in [-0.4, -0.2) is 30.1 Å². The van der Waals surface area contributed by atoms with Gasteiger partial charge in [0.15, 0.2) is 0 Å². The highest BCUT2D eigenvalue weighted by atomic mass is 15.2. The maximum Gasteiger partial charge on any atom is 0.0331 e. The fourth-order valence-corrected chi connectivity index (χ4v) is 4.46. The molecule has 1 aliphatic carbocycles. The van der Waals surface area contributed by atoms with Gasteiger partial charge in [-0.3, -0.25) is 4.90 Å². The van der Waals surface area contributed by atoms with E-state index >= 15 is 0 Å². The van der Waals surface area contributed by atoms with Crippen molar-refractivity contribution in [2.75, 3.05) is 19.6 Å². The lowest BCUT2D eigenvalue weighted by atomic mass is 9.64. The maximum absolute atomic E-state index is 6.28. The van der Waals surface area contributed by atoms with E-state index in [1.165, 1.54) is 58.0 Å². The summed E-state index contributed by atoms with van der Waals surface area (Å²) < 4.78 is 0. The minimum Gasteiger partial charge on any atom is -0.329 e. The fraction of sp³-hybridized carbons (Fsp3) is 1.00. The Morgan fingerprint density at radius 1 is 1.05 bits per heavy atom. The molecule has 2 aliphatic rings. The van der Waals surface area contributed by atoms with E-state index < -0.39 is 0 Å². The number of nitrogens with zero attached hydrogens (tertiary/aromatic N) is 1. The maximum atomic E-state index is 6.28. The Morgan fingerprint density at radius 2 is 1.57 bits per heavy atom. The molecule has 1 heterocycles. The van der Waals surface area contributed by atoms with Gasteiger partial charge in [-0.15, -0.1) is 0 Å². The summed E-state index contributed by atoms with van der Waals surface area (Å²) in [5, 5.41) is 0. The average molecular weight is 295 g/mol. The molecule has 2 rings (SSSR count). The van der Waals surface area contributed by atoms with Gasteiger partial charge < -0.3 is 5.73 Å². The molecule has 124 valence electrons. The molecule has 0 aromatic heterocycles. The highest BCUT2D eigenvalue weighted by Gasteiger charge is 2.43. The second kappa shape index (κ2) is 6.20. The van der Waals surface area contributed by atoms with Crippen LogP contribution in [0.25, 0.3) is 0 Å². The van der Waals surface area contributed by atoms with E-state index in [0.29, 0.717) is 16.4 Å². The SMILES string of the molecule is CCC(C)(C)C1CCC(CN)(N2CCC(C)(C)CC2)CC1. The number of nitrogens with two attached hydrogens (primary N) is 1. The minimum atomic E-state index is 0.316. The van der Waals surface area contributed by atoms with E-state index in [0.717, 1.165) is 12.5 Å². The first kappa shape index (κ1) is 17.3. The van der Waals surface area contributed by atoms with Crippen molar-refractivity contribution < 1.29 is 0 Å². The lowest BCUT2D eigenvalue weighted by molar-refractivity contribution is -0.0147. The first-order valence-corrected chi connectivity index (χ1v) is 9.20. The molecule has 0 radical (unpaired) electrons. The summed E-state index contributed by atoms with van der Waals surface area (Å²) in [6, 6.07) is 0. The van der Waals surface area contributed by atoms with E-state index in [-0.39, 0.29) is 0 Å². The van der Waals surface area contributed by atoms with Gasteiger partial charge in [0.05, 0.1) is 0 Å². The molecule has 0 atom stereocenters. The van der Waals surface area contributed by atoms with Crippen LogP contribution in [0.15, 0.2) is 0 Å². The summed E-state index contributed by atoms with van der Waals surface area (Å²) >= 11 is 0. The standard InChI is InChI=1S/C19H38N2/c1-6-18(4,5)16-7-9-19(15-20,10-8-16)21-13-11-17(2,3)12-14-21/h16H,6-15,20H2,1-5H3. The highest BCUT2D eigenvalue weighted by molar-refractivity contribution is 4.99. The van der Waals surface area contributed by atoms with Gasteiger partial charge in [0.2, 0.25) is 0 Å². The zero-order valence-corrected chi connectivity index (χ0v) is 15.2. The zero-order chi connectivity index (χ0) is 15.7. The van der Waals surface area contributed by atoms with Gasteiger partial charge in [0.1, 0.15) is 0 Å². The predicted molar refractivity (Wildman–Crippen MR) is 92.4 cm³/mol. The molecule has 2 heteroatoms. The topological polar surface area (TPSA) is 29.3 Å². The summed E-state index contributed by atoms with van der Waals surface area (Å²) in [5.74, 6) is 0.892. The number of hydrogen-bond acceptors (Lipinski definition) is 2. The summed E-state index contributed by atoms with van der Waals surface area (Å²) in [7, 11) is 0. The lowest BCUT2D eigenvalue weighted by Crippen LogP contribution is -2.59. The van der Waals surface area contributed by atoms with Gasteiger partial charge in [-0.25, -0.2) is 0 Å². The van der Waals surface area contributed by atoms with Crippen LogP contribution < -0.4 is 5.73 Å². The molecule has 2 N–H and O–H groups in total. The summed E-state index contributed by atoms with van der Waals surface area (Å²) in [5.41, 5.74) is 7.64. The van der Waals surface area contributed by atoms with Crippen molar-refractivity contribution in [1.29, 1.82) is 0 Å². The first-order chi connectivity index (χ1) is 9.75. The number of rotatable bonds is 4. The Balaban J connectivity index is 1.99. The molecule has 0 amide bonds. The molecule has 0 aromatic carbocycles. The second-order valence-electron chi connectivity index (χ2n) is 9.20. The Morgan fingerprint density at radius 3 is 2.00 bits per heavy atom. The zero-order valence-electron chi connectivity index (χ0n) is 15.2. The lowest BCUT2D eigenvalue weighted by Gasteiger charge is -2.53. The highest BCUT2D eigenvalue weighted by Crippen LogP contribution is 2.46. The van der Waals surface area contributed by atoms with Crippen LogP contribution >= 0.6 is 0 Å². The van der Waals surface area contributed by atoms with Crippen LogP contribution in [0.2, 0.25) is 0 Å². The van der Waals surface area contributed by atoms with E-state index in [1.807, 2.05) is 0 Å². The van der Waals surface area contributed by atoms with Crippen LogP contribution in [0, 0.1) is 16.7 Å². The molecule has 0 unspecified atom stereocenters. The molecular formula is C19H38N2. The molecule has 0 bridgehead atoms. The van der Waals surface area contributed by atoms with Gasteiger partial charge in [-0.1, -0.05) is 41.0 Å².